The molecule has 122 valence electrons. The van der Waals surface area contributed by atoms with Gasteiger partial charge in [0, 0.05) is 31.5 Å². The van der Waals surface area contributed by atoms with Crippen molar-refractivity contribution >= 4 is 39.5 Å². The molecule has 0 aromatic rings. The van der Waals surface area contributed by atoms with E-state index in [0.717, 1.165) is 18.1 Å². The lowest BCUT2D eigenvalue weighted by Gasteiger charge is -2.07. The van der Waals surface area contributed by atoms with E-state index in [2.05, 4.69) is 4.99 Å². The number of nitrogens with two attached hydrogens (primary N) is 2. The number of hydrogen-bond donors (Lipinski definition) is 4. The second kappa shape index (κ2) is 11.6. The lowest BCUT2D eigenvalue weighted by atomic mass is 10.1. The van der Waals surface area contributed by atoms with E-state index in [1.807, 2.05) is 21.6 Å². The summed E-state index contributed by atoms with van der Waals surface area (Å²) in [5.41, 5.74) is 9.98. The van der Waals surface area contributed by atoms with Crippen LogP contribution in [0.4, 0.5) is 0 Å². The Bertz CT molecular complexity index is 354. The van der Waals surface area contributed by atoms with Crippen LogP contribution in [0.15, 0.2) is 4.99 Å². The maximum atomic E-state index is 10.2. The molecule has 0 aromatic heterocycles. The van der Waals surface area contributed by atoms with Crippen molar-refractivity contribution in [1.29, 1.82) is 5.41 Å². The Balaban J connectivity index is 0.000000400. The smallest absolute Gasteiger partial charge is 0.303 e. The highest BCUT2D eigenvalue weighted by molar-refractivity contribution is 8.77. The molecular formula is C12H25N5O2S2. The molecule has 9 heteroatoms. The molecule has 0 aromatic carbocycles. The predicted octanol–water partition coefficient (Wildman–Crippen LogP) is 1.54. The number of carboxylic acid groups (broad SMARTS) is 1. The Morgan fingerprint density at radius 1 is 1.43 bits per heavy atom. The molecule has 1 aliphatic heterocycles. The van der Waals surface area contributed by atoms with Crippen LogP contribution in [0.5, 0.6) is 0 Å². The third-order valence-corrected chi connectivity index (χ3v) is 5.56. The molecule has 1 heterocycles. The minimum atomic E-state index is -0.663. The molecule has 0 saturated carbocycles. The molecule has 1 atom stereocenters. The molecule has 6 N–H and O–H groups in total. The Labute approximate surface area is 133 Å². The first-order valence-corrected chi connectivity index (χ1v) is 9.06. The van der Waals surface area contributed by atoms with E-state index in [1.165, 1.54) is 23.5 Å². The van der Waals surface area contributed by atoms with Crippen molar-refractivity contribution < 1.29 is 9.90 Å². The fourth-order valence-electron chi connectivity index (χ4n) is 1.43. The van der Waals surface area contributed by atoms with E-state index >= 15 is 0 Å². The van der Waals surface area contributed by atoms with Crippen molar-refractivity contribution in [1.82, 2.24) is 4.90 Å². The van der Waals surface area contributed by atoms with Crippen molar-refractivity contribution in [2.75, 3.05) is 19.8 Å². The molecule has 1 rings (SSSR count). The molecule has 0 spiro atoms. The summed E-state index contributed by atoms with van der Waals surface area (Å²) >= 11 is 0. The molecule has 1 saturated heterocycles. The average molecular weight is 335 g/mol. The number of nitrogens with one attached hydrogen (secondary N) is 1. The van der Waals surface area contributed by atoms with Crippen LogP contribution in [-0.4, -0.2) is 53.0 Å². The standard InChI is InChI=1S/C8H14O2S2.C4H11N5/c9-8(10)4-2-1-3-7-5-6-11-12-7;1-9(2)4(7)8-3(5)6/h7H,1-6H2,(H,9,10);1-2H3,(H5,5,6,7,8)/t7-;/m0./s1. The number of aliphatic carboxylic acids is 1. The zero-order chi connectivity index (χ0) is 16.3. The summed E-state index contributed by atoms with van der Waals surface area (Å²) in [6.45, 7) is 0. The molecule has 0 bridgehead atoms. The number of carbonyl (C=O) groups is 1. The summed E-state index contributed by atoms with van der Waals surface area (Å²) in [5, 5.41) is 16.2. The minimum absolute atomic E-state index is 0.0509. The summed E-state index contributed by atoms with van der Waals surface area (Å²) in [6.07, 6.45) is 4.76. The van der Waals surface area contributed by atoms with Gasteiger partial charge in [-0.25, -0.2) is 0 Å². The van der Waals surface area contributed by atoms with Crippen molar-refractivity contribution in [3.05, 3.63) is 0 Å². The van der Waals surface area contributed by atoms with E-state index in [0.29, 0.717) is 6.42 Å². The summed E-state index contributed by atoms with van der Waals surface area (Å²) < 4.78 is 0. The van der Waals surface area contributed by atoms with Crippen molar-refractivity contribution in [3.8, 4) is 0 Å². The Hall–Kier alpha value is -1.09. The van der Waals surface area contributed by atoms with E-state index in [1.54, 1.807) is 14.1 Å². The maximum Gasteiger partial charge on any atom is 0.303 e. The minimum Gasteiger partial charge on any atom is -0.481 e. The summed E-state index contributed by atoms with van der Waals surface area (Å²) in [7, 11) is 7.30. The largest absolute Gasteiger partial charge is 0.481 e. The molecule has 0 amide bonds. The van der Waals surface area contributed by atoms with Gasteiger partial charge in [0.15, 0.2) is 5.96 Å². The van der Waals surface area contributed by atoms with Gasteiger partial charge in [-0.05, 0) is 19.3 Å². The second-order valence-electron chi connectivity index (χ2n) is 4.72. The number of guanidine groups is 2. The first-order valence-electron chi connectivity index (χ1n) is 6.68. The Morgan fingerprint density at radius 3 is 2.48 bits per heavy atom. The van der Waals surface area contributed by atoms with Gasteiger partial charge in [-0.1, -0.05) is 28.0 Å². The van der Waals surface area contributed by atoms with Gasteiger partial charge in [0.05, 0.1) is 0 Å². The van der Waals surface area contributed by atoms with Crippen molar-refractivity contribution in [2.45, 2.75) is 37.4 Å². The highest BCUT2D eigenvalue weighted by Gasteiger charge is 2.15. The lowest BCUT2D eigenvalue weighted by Crippen LogP contribution is -2.28. The topological polar surface area (TPSA) is 129 Å². The van der Waals surface area contributed by atoms with Crippen LogP contribution in [0, 0.1) is 5.41 Å². The lowest BCUT2D eigenvalue weighted by molar-refractivity contribution is -0.137. The third kappa shape index (κ3) is 12.4. The molecule has 1 aliphatic rings. The van der Waals surface area contributed by atoms with Gasteiger partial charge in [-0.3, -0.25) is 10.2 Å². The van der Waals surface area contributed by atoms with Crippen LogP contribution < -0.4 is 11.5 Å². The molecular weight excluding hydrogens is 310 g/mol. The van der Waals surface area contributed by atoms with Crippen LogP contribution in [0.3, 0.4) is 0 Å². The molecule has 7 nitrogen and oxygen atoms in total. The molecule has 21 heavy (non-hydrogen) atoms. The monoisotopic (exact) mass is 335 g/mol. The molecule has 0 aliphatic carbocycles. The van der Waals surface area contributed by atoms with Crippen LogP contribution in [0.1, 0.15) is 32.1 Å². The van der Waals surface area contributed by atoms with Crippen molar-refractivity contribution in [2.24, 2.45) is 16.5 Å². The number of unbranched alkanes of at least 4 members (excludes halogenated alkanes) is 1. The van der Waals surface area contributed by atoms with Crippen LogP contribution in [0.25, 0.3) is 0 Å². The first kappa shape index (κ1) is 19.9. The molecule has 1 fully saturated rings. The van der Waals surface area contributed by atoms with E-state index in [4.69, 9.17) is 22.0 Å². The van der Waals surface area contributed by atoms with Gasteiger partial charge >= 0.3 is 5.97 Å². The summed E-state index contributed by atoms with van der Waals surface area (Å²) in [4.78, 5) is 15.1. The van der Waals surface area contributed by atoms with Crippen LogP contribution >= 0.6 is 21.6 Å². The number of nitrogens with zero attached hydrogens (tertiary/aromatic N) is 2. The third-order valence-electron chi connectivity index (χ3n) is 2.55. The molecule has 0 radical (unpaired) electrons. The highest BCUT2D eigenvalue weighted by Crippen LogP contribution is 2.39. The van der Waals surface area contributed by atoms with E-state index in [9.17, 15) is 4.79 Å². The van der Waals surface area contributed by atoms with Crippen LogP contribution in [-0.2, 0) is 4.79 Å². The van der Waals surface area contributed by atoms with Crippen molar-refractivity contribution in [3.63, 3.8) is 0 Å². The predicted molar refractivity (Wildman–Crippen MR) is 91.8 cm³/mol. The number of rotatable bonds is 5. The van der Waals surface area contributed by atoms with Gasteiger partial charge in [0.2, 0.25) is 5.96 Å². The van der Waals surface area contributed by atoms with E-state index in [-0.39, 0.29) is 11.9 Å². The Morgan fingerprint density at radius 2 is 2.10 bits per heavy atom. The fourth-order valence-corrected chi connectivity index (χ4v) is 4.46. The fraction of sp³-hybridized carbons (Fsp3) is 0.750. The van der Waals surface area contributed by atoms with Gasteiger partial charge in [0.25, 0.3) is 0 Å². The molecule has 0 unspecified atom stereocenters. The SMILES string of the molecule is CN(C)C(=N)N=C(N)N.O=C(O)CCCC[C@H]1CCSS1. The normalized spacial score (nSPS) is 16.6. The summed E-state index contributed by atoms with van der Waals surface area (Å²) in [5.74, 6) is 0.570. The quantitative estimate of drug-likeness (QED) is 0.259. The Kier molecular flexibility index (Phi) is 11.0. The number of hydrogen-bond acceptors (Lipinski definition) is 4. The summed E-state index contributed by atoms with van der Waals surface area (Å²) in [6, 6.07) is 0. The zero-order valence-corrected chi connectivity index (χ0v) is 14.2. The number of aliphatic imine (C=N–C) groups is 1. The highest BCUT2D eigenvalue weighted by atomic mass is 33.1. The second-order valence-corrected chi connectivity index (χ2v) is 7.51. The zero-order valence-electron chi connectivity index (χ0n) is 12.5. The van der Waals surface area contributed by atoms with Gasteiger partial charge in [-0.2, -0.15) is 4.99 Å². The first-order chi connectivity index (χ1) is 9.82. The van der Waals surface area contributed by atoms with Gasteiger partial charge < -0.3 is 21.5 Å². The van der Waals surface area contributed by atoms with Crippen LogP contribution in [0.2, 0.25) is 0 Å². The average Bonchev–Trinajstić information content (AvgIpc) is 2.87. The van der Waals surface area contributed by atoms with Gasteiger partial charge in [-0.15, -0.1) is 0 Å². The maximum absolute atomic E-state index is 10.2. The van der Waals surface area contributed by atoms with Gasteiger partial charge in [0.1, 0.15) is 0 Å². The van der Waals surface area contributed by atoms with E-state index < -0.39 is 5.97 Å². The number of carboxylic acids is 1.